The molecule has 4 rings (SSSR count). The second kappa shape index (κ2) is 7.12. The zero-order valence-corrected chi connectivity index (χ0v) is 14.8. The minimum absolute atomic E-state index is 0.0607. The Labute approximate surface area is 152 Å². The number of hydrogen-bond acceptors (Lipinski definition) is 4. The van der Waals surface area contributed by atoms with Crippen molar-refractivity contribution in [3.63, 3.8) is 0 Å². The molecule has 0 saturated carbocycles. The molecule has 1 amide bonds. The Balaban J connectivity index is 1.48. The second-order valence-corrected chi connectivity index (χ2v) is 6.71. The third-order valence-corrected chi connectivity index (χ3v) is 4.84. The molecule has 2 heterocycles. The summed E-state index contributed by atoms with van der Waals surface area (Å²) in [5, 5.41) is 3.87. The van der Waals surface area contributed by atoms with E-state index in [9.17, 15) is 4.79 Å². The van der Waals surface area contributed by atoms with Crippen molar-refractivity contribution < 1.29 is 9.32 Å². The van der Waals surface area contributed by atoms with Crippen LogP contribution in [-0.4, -0.2) is 34.0 Å². The highest BCUT2D eigenvalue weighted by molar-refractivity contribution is 5.94. The predicted molar refractivity (Wildman–Crippen MR) is 98.8 cm³/mol. The van der Waals surface area contributed by atoms with Crippen LogP contribution in [0.2, 0.25) is 0 Å². The van der Waals surface area contributed by atoms with Gasteiger partial charge in [-0.2, -0.15) is 4.98 Å². The maximum atomic E-state index is 12.9. The maximum Gasteiger partial charge on any atom is 0.253 e. The largest absolute Gasteiger partial charge is 0.339 e. The van der Waals surface area contributed by atoms with Crippen molar-refractivity contribution in [3.8, 4) is 11.1 Å². The molecule has 1 aromatic heterocycles. The van der Waals surface area contributed by atoms with E-state index in [1.807, 2.05) is 54.3 Å². The zero-order valence-electron chi connectivity index (χ0n) is 14.8. The molecule has 0 unspecified atom stereocenters. The SMILES string of the molecule is Cc1noc([C@H]2CCCN(C(=O)c3ccc(-c4ccccc4)cc3)C2)n1. The number of nitrogens with zero attached hydrogens (tertiary/aromatic N) is 3. The van der Waals surface area contributed by atoms with E-state index in [2.05, 4.69) is 22.3 Å². The summed E-state index contributed by atoms with van der Waals surface area (Å²) in [7, 11) is 0. The summed E-state index contributed by atoms with van der Waals surface area (Å²) in [4.78, 5) is 19.1. The number of piperidine rings is 1. The van der Waals surface area contributed by atoms with Gasteiger partial charge in [0.1, 0.15) is 0 Å². The van der Waals surface area contributed by atoms with Crippen molar-refractivity contribution in [1.82, 2.24) is 15.0 Å². The van der Waals surface area contributed by atoms with Crippen LogP contribution in [0.1, 0.15) is 40.8 Å². The van der Waals surface area contributed by atoms with E-state index < -0.39 is 0 Å². The molecule has 1 fully saturated rings. The molecule has 0 N–H and O–H groups in total. The van der Waals surface area contributed by atoms with Gasteiger partial charge in [-0.15, -0.1) is 0 Å². The number of aromatic nitrogens is 2. The highest BCUT2D eigenvalue weighted by Crippen LogP contribution is 2.27. The quantitative estimate of drug-likeness (QED) is 0.717. The molecule has 1 aliphatic rings. The van der Waals surface area contributed by atoms with Crippen molar-refractivity contribution in [3.05, 3.63) is 71.9 Å². The smallest absolute Gasteiger partial charge is 0.253 e. The molecule has 1 atom stereocenters. The standard InChI is InChI=1S/C21H21N3O2/c1-15-22-20(26-23-15)19-8-5-13-24(14-19)21(25)18-11-9-17(10-12-18)16-6-3-2-4-7-16/h2-4,6-7,9-12,19H,5,8,13-14H2,1H3/t19-/m0/s1. The van der Waals surface area contributed by atoms with E-state index in [-0.39, 0.29) is 11.8 Å². The van der Waals surface area contributed by atoms with E-state index in [1.54, 1.807) is 0 Å². The van der Waals surface area contributed by atoms with Crippen molar-refractivity contribution in [2.24, 2.45) is 0 Å². The third kappa shape index (κ3) is 3.38. The van der Waals surface area contributed by atoms with Crippen molar-refractivity contribution >= 4 is 5.91 Å². The summed E-state index contributed by atoms with van der Waals surface area (Å²) in [5.41, 5.74) is 2.98. The molecule has 5 nitrogen and oxygen atoms in total. The Kier molecular flexibility index (Phi) is 4.52. The Morgan fingerprint density at radius 1 is 1.08 bits per heavy atom. The minimum Gasteiger partial charge on any atom is -0.339 e. The molecule has 0 radical (unpaired) electrons. The van der Waals surface area contributed by atoms with E-state index in [1.165, 1.54) is 0 Å². The predicted octanol–water partition coefficient (Wildman–Crippen LogP) is 4.06. The van der Waals surface area contributed by atoms with Gasteiger partial charge in [-0.1, -0.05) is 47.6 Å². The van der Waals surface area contributed by atoms with Gasteiger partial charge < -0.3 is 9.42 Å². The molecule has 0 aliphatic carbocycles. The first-order chi connectivity index (χ1) is 12.7. The maximum absolute atomic E-state index is 12.9. The van der Waals surface area contributed by atoms with Crippen LogP contribution in [0.15, 0.2) is 59.1 Å². The monoisotopic (exact) mass is 347 g/mol. The van der Waals surface area contributed by atoms with Crippen molar-refractivity contribution in [2.45, 2.75) is 25.7 Å². The van der Waals surface area contributed by atoms with Gasteiger partial charge in [-0.05, 0) is 43.0 Å². The Morgan fingerprint density at radius 3 is 2.50 bits per heavy atom. The Morgan fingerprint density at radius 2 is 1.81 bits per heavy atom. The molecular weight excluding hydrogens is 326 g/mol. The summed E-state index contributed by atoms with van der Waals surface area (Å²) < 4.78 is 5.30. The van der Waals surface area contributed by atoms with Crippen LogP contribution >= 0.6 is 0 Å². The van der Waals surface area contributed by atoms with Gasteiger partial charge >= 0.3 is 0 Å². The Hall–Kier alpha value is -2.95. The summed E-state index contributed by atoms with van der Waals surface area (Å²) in [6.45, 7) is 3.21. The van der Waals surface area contributed by atoms with Crippen LogP contribution in [0.5, 0.6) is 0 Å². The lowest BCUT2D eigenvalue weighted by Crippen LogP contribution is -2.39. The van der Waals surface area contributed by atoms with Crippen molar-refractivity contribution in [2.75, 3.05) is 13.1 Å². The lowest BCUT2D eigenvalue weighted by atomic mass is 9.97. The number of carbonyl (C=O) groups is 1. The highest BCUT2D eigenvalue weighted by atomic mass is 16.5. The van der Waals surface area contributed by atoms with Gasteiger partial charge in [0.2, 0.25) is 5.89 Å². The van der Waals surface area contributed by atoms with Gasteiger partial charge in [-0.3, -0.25) is 4.79 Å². The molecule has 0 spiro atoms. The average molecular weight is 347 g/mol. The molecule has 2 aromatic carbocycles. The number of carbonyl (C=O) groups excluding carboxylic acids is 1. The van der Waals surface area contributed by atoms with Crippen LogP contribution in [-0.2, 0) is 0 Å². The molecule has 0 bridgehead atoms. The van der Waals surface area contributed by atoms with Crippen LogP contribution in [0.3, 0.4) is 0 Å². The number of benzene rings is 2. The minimum atomic E-state index is 0.0607. The number of aryl methyl sites for hydroxylation is 1. The lowest BCUT2D eigenvalue weighted by Gasteiger charge is -2.31. The molecule has 1 aliphatic heterocycles. The molecule has 3 aromatic rings. The summed E-state index contributed by atoms with van der Waals surface area (Å²) in [6, 6.07) is 18.0. The fourth-order valence-electron chi connectivity index (χ4n) is 3.46. The normalized spacial score (nSPS) is 17.3. The summed E-state index contributed by atoms with van der Waals surface area (Å²) in [5.74, 6) is 1.46. The first-order valence-corrected chi connectivity index (χ1v) is 8.95. The summed E-state index contributed by atoms with van der Waals surface area (Å²) in [6.07, 6.45) is 1.91. The van der Waals surface area contributed by atoms with E-state index in [4.69, 9.17) is 4.52 Å². The van der Waals surface area contributed by atoms with Crippen LogP contribution in [0.4, 0.5) is 0 Å². The molecule has 5 heteroatoms. The number of hydrogen-bond donors (Lipinski definition) is 0. The third-order valence-electron chi connectivity index (χ3n) is 4.84. The fraction of sp³-hybridized carbons (Fsp3) is 0.286. The first-order valence-electron chi connectivity index (χ1n) is 8.95. The average Bonchev–Trinajstić information content (AvgIpc) is 3.15. The summed E-state index contributed by atoms with van der Waals surface area (Å²) >= 11 is 0. The molecule has 132 valence electrons. The molecular formula is C21H21N3O2. The van der Waals surface area contributed by atoms with E-state index in [0.717, 1.165) is 30.5 Å². The van der Waals surface area contributed by atoms with Gasteiger partial charge in [-0.25, -0.2) is 0 Å². The second-order valence-electron chi connectivity index (χ2n) is 6.71. The van der Waals surface area contributed by atoms with Crippen LogP contribution in [0, 0.1) is 6.92 Å². The van der Waals surface area contributed by atoms with Gasteiger partial charge in [0, 0.05) is 18.7 Å². The number of rotatable bonds is 3. The highest BCUT2D eigenvalue weighted by Gasteiger charge is 2.28. The first kappa shape index (κ1) is 16.5. The van der Waals surface area contributed by atoms with Crippen LogP contribution in [0.25, 0.3) is 11.1 Å². The van der Waals surface area contributed by atoms with Gasteiger partial charge in [0.05, 0.1) is 5.92 Å². The topological polar surface area (TPSA) is 59.2 Å². The van der Waals surface area contributed by atoms with Crippen molar-refractivity contribution in [1.29, 1.82) is 0 Å². The number of amides is 1. The van der Waals surface area contributed by atoms with Gasteiger partial charge in [0.15, 0.2) is 5.82 Å². The molecule has 1 saturated heterocycles. The molecule has 26 heavy (non-hydrogen) atoms. The lowest BCUT2D eigenvalue weighted by molar-refractivity contribution is 0.0695. The van der Waals surface area contributed by atoms with E-state index >= 15 is 0 Å². The van der Waals surface area contributed by atoms with E-state index in [0.29, 0.717) is 23.8 Å². The zero-order chi connectivity index (χ0) is 17.9. The number of likely N-dealkylation sites (tertiary alicyclic amines) is 1. The Bertz CT molecular complexity index is 887. The fourth-order valence-corrected chi connectivity index (χ4v) is 3.46. The van der Waals surface area contributed by atoms with Crippen LogP contribution < -0.4 is 0 Å². The van der Waals surface area contributed by atoms with Gasteiger partial charge in [0.25, 0.3) is 5.91 Å².